The van der Waals surface area contributed by atoms with Crippen LogP contribution in [0.5, 0.6) is 0 Å². The van der Waals surface area contributed by atoms with E-state index in [-0.39, 0.29) is 0 Å². The zero-order valence-corrected chi connectivity index (χ0v) is 52.7. The van der Waals surface area contributed by atoms with Gasteiger partial charge in [-0.2, -0.15) is 9.97 Å². The average molecular weight is 972 g/mol. The third-order valence-corrected chi connectivity index (χ3v) is 21.4. The Labute approximate surface area is 488 Å². The van der Waals surface area contributed by atoms with Gasteiger partial charge in [0.15, 0.2) is 11.6 Å². The van der Waals surface area contributed by atoms with Crippen LogP contribution in [-0.2, 0) is 0 Å². The van der Waals surface area contributed by atoms with Crippen molar-refractivity contribution in [1.29, 1.82) is 0 Å². The van der Waals surface area contributed by atoms with E-state index in [0.717, 1.165) is 44.3 Å². The third-order valence-electron chi connectivity index (χ3n) is 21.4. The van der Waals surface area contributed by atoms with Gasteiger partial charge in [-0.25, -0.2) is 4.98 Å². The van der Waals surface area contributed by atoms with Crippen molar-refractivity contribution in [2.75, 3.05) is 0 Å². The lowest BCUT2D eigenvalue weighted by molar-refractivity contribution is 0.674. The van der Waals surface area contributed by atoms with Crippen molar-refractivity contribution in [3.8, 4) is 51.0 Å². The number of furan rings is 1. The highest BCUT2D eigenvalue weighted by Crippen LogP contribution is 2.34. The van der Waals surface area contributed by atoms with Crippen molar-refractivity contribution in [3.05, 3.63) is 0 Å². The molecule has 5 nitrogen and oxygen atoms in total. The lowest BCUT2D eigenvalue weighted by atomic mass is 9.57. The summed E-state index contributed by atoms with van der Waals surface area (Å²) in [6.07, 6.45) is 0. The molecule has 78 heavy (non-hydrogen) atoms. The highest BCUT2D eigenvalue weighted by atomic mass is 16.3. The molecule has 33 heteroatoms. The number of benzene rings is 7. The summed E-state index contributed by atoms with van der Waals surface area (Å²) in [7, 11) is 64.1. The van der Waals surface area contributed by atoms with E-state index in [1.54, 1.807) is 0 Å². The van der Waals surface area contributed by atoms with Crippen LogP contribution < -0.4 is 153 Å². The molecule has 0 amide bonds. The second-order valence-corrected chi connectivity index (χ2v) is 24.3. The fraction of sp³-hybridized carbons (Fsp3) is 0. The first-order chi connectivity index (χ1) is 36.4. The van der Waals surface area contributed by atoms with Gasteiger partial charge in [-0.15, -0.1) is 54.6 Å². The Hall–Kier alpha value is -5.03. The van der Waals surface area contributed by atoms with Gasteiger partial charge in [-0.3, -0.25) is 4.57 Å². The zero-order valence-electron chi connectivity index (χ0n) is 52.7. The molecular weight excluding hydrogens is 915 g/mol. The van der Waals surface area contributed by atoms with Gasteiger partial charge in [0.2, 0.25) is 5.95 Å². The minimum Gasteiger partial charge on any atom is -0.457 e. The van der Waals surface area contributed by atoms with Crippen LogP contribution in [-0.4, -0.2) is 239 Å². The Bertz CT molecular complexity index is 4410. The first-order valence-electron chi connectivity index (χ1n) is 28.4. The summed E-state index contributed by atoms with van der Waals surface area (Å²) in [5, 5.41) is 4.92. The summed E-state index contributed by atoms with van der Waals surface area (Å²) in [5.74, 6) is 1.96. The first kappa shape index (κ1) is 56.3. The topological polar surface area (TPSA) is 56.7 Å². The Morgan fingerprint density at radius 2 is 0.474 bits per heavy atom. The molecule has 10 aromatic rings. The van der Waals surface area contributed by atoms with Gasteiger partial charge in [-0.1, -0.05) is 92.9 Å². The van der Waals surface area contributed by atoms with Crippen molar-refractivity contribution >= 4 is 416 Å². The van der Waals surface area contributed by atoms with Gasteiger partial charge in [-0.05, 0) is 38.5 Å². The van der Waals surface area contributed by atoms with Crippen LogP contribution in [0.1, 0.15) is 0 Å². The molecule has 0 bridgehead atoms. The molecule has 0 unspecified atom stereocenters. The Morgan fingerprint density at radius 3 is 0.936 bits per heavy atom. The molecule has 0 aliphatic carbocycles. The number of aromatic nitrogens is 4. The van der Waals surface area contributed by atoms with E-state index in [2.05, 4.69) is 224 Å². The fourth-order valence-corrected chi connectivity index (χ4v) is 14.4. The smallest absolute Gasteiger partial charge is 0.238 e. The third kappa shape index (κ3) is 7.52. The van der Waals surface area contributed by atoms with E-state index in [4.69, 9.17) is 19.4 Å². The molecule has 346 valence electrons. The van der Waals surface area contributed by atoms with E-state index in [0.29, 0.717) is 17.6 Å². The molecule has 0 aliphatic rings. The van der Waals surface area contributed by atoms with Gasteiger partial charge in [0.05, 0.1) is 5.52 Å². The zero-order chi connectivity index (χ0) is 57.4. The van der Waals surface area contributed by atoms with Gasteiger partial charge in [0, 0.05) is 27.4 Å². The summed E-state index contributed by atoms with van der Waals surface area (Å²) in [6.45, 7) is 0. The normalized spacial score (nSPS) is 11.7. The molecule has 7 aromatic carbocycles. The van der Waals surface area contributed by atoms with Crippen molar-refractivity contribution in [3.63, 3.8) is 0 Å². The van der Waals surface area contributed by atoms with Crippen molar-refractivity contribution < 1.29 is 4.42 Å². The summed E-state index contributed by atoms with van der Waals surface area (Å²) in [5.41, 5.74) is 47.3. The quantitative estimate of drug-likeness (QED) is 0.161. The Morgan fingerprint density at radius 1 is 0.205 bits per heavy atom. The number of hydrogen-bond acceptors (Lipinski definition) is 4. The van der Waals surface area contributed by atoms with Crippen LogP contribution in [0.15, 0.2) is 4.42 Å². The second-order valence-electron chi connectivity index (χ2n) is 24.3. The molecule has 0 saturated carbocycles. The van der Waals surface area contributed by atoms with Crippen LogP contribution in [0.2, 0.25) is 0 Å². The minimum absolute atomic E-state index is 0.624. The van der Waals surface area contributed by atoms with Gasteiger partial charge in [0.1, 0.15) is 231 Å². The highest BCUT2D eigenvalue weighted by molar-refractivity contribution is 6.75. The minimum atomic E-state index is 0.624. The van der Waals surface area contributed by atoms with Gasteiger partial charge >= 0.3 is 0 Å². The van der Waals surface area contributed by atoms with Crippen LogP contribution in [0, 0.1) is 0 Å². The first-order valence-corrected chi connectivity index (χ1v) is 28.4. The van der Waals surface area contributed by atoms with Crippen LogP contribution in [0.3, 0.4) is 0 Å². The lowest BCUT2D eigenvalue weighted by Gasteiger charge is -2.25. The van der Waals surface area contributed by atoms with Crippen molar-refractivity contribution in [2.24, 2.45) is 0 Å². The Kier molecular flexibility index (Phi) is 13.9. The molecule has 0 radical (unpaired) electrons. The van der Waals surface area contributed by atoms with Crippen LogP contribution in [0.4, 0.5) is 0 Å². The summed E-state index contributed by atoms with van der Waals surface area (Å²) in [4.78, 5) is 17.4. The molecule has 0 N–H and O–H groups in total. The molecule has 0 aliphatic heterocycles. The average Bonchev–Trinajstić information content (AvgIpc) is 4.22. The van der Waals surface area contributed by atoms with E-state index in [1.165, 1.54) is 186 Å². The maximum Gasteiger partial charge on any atom is 0.238 e. The predicted octanol–water partition coefficient (Wildman–Crippen LogP) is -37.2. The SMILES string of the molecule is Bc1c(B)c(B)c(-c2nc(-c3c(B)c(B)c4c(oc5c(B)c(B)c(B)c(-c6c(B)c(B)c(B)c(B)c6B)c54)c3B)nc(-n3c4c(B)c(B)c(B)c(B)c4c4c(B)c(B)c(-c5c(B)c(B)c(B)c(B)c5B)c(B)c43)n2)c(B)c1B. The second kappa shape index (κ2) is 19.3. The number of nitrogens with zero attached hydrogens (tertiary/aromatic N) is 4. The highest BCUT2D eigenvalue weighted by Gasteiger charge is 2.31. The van der Waals surface area contributed by atoms with E-state index >= 15 is 0 Å². The fourth-order valence-electron chi connectivity index (χ4n) is 14.4. The number of rotatable bonds is 5. The predicted molar refractivity (Wildman–Crippen MR) is 432 cm³/mol. The molecule has 3 aromatic heterocycles. The monoisotopic (exact) mass is 977 g/mol. The summed E-state index contributed by atoms with van der Waals surface area (Å²) in [6, 6.07) is 0. The Balaban J connectivity index is 1.42. The maximum absolute atomic E-state index is 7.40. The van der Waals surface area contributed by atoms with Crippen molar-refractivity contribution in [1.82, 2.24) is 19.5 Å². The van der Waals surface area contributed by atoms with E-state index < -0.39 is 0 Å². The van der Waals surface area contributed by atoms with Gasteiger partial charge < -0.3 is 4.42 Å². The standard InChI is InChI=1S/C45H56B28N4O/c46-11-1(3-13(48)25(60)33(68)26(61)14(3)49)2-8-19(54)20(55)10(24(59)42(8)78-41(2)38(73)32(11)67)44-74-43(9-21(56)30(65)35(70)31(66)22(9)57)75-45(76-44)77-39-6(7-18(53)29(64)36(71)37(72)40(7)77)17(52)12(47)5(23(39)58)4-15(50)27(62)34(69)28(63)16(4)51/h46-73H2. The largest absolute Gasteiger partial charge is 0.457 e. The number of hydrogen-bond donors (Lipinski definition) is 0. The van der Waals surface area contributed by atoms with E-state index in [1.807, 2.05) is 0 Å². The molecule has 0 saturated heterocycles. The maximum atomic E-state index is 7.40. The number of fused-ring (bicyclic) bond motifs is 6. The van der Waals surface area contributed by atoms with Crippen molar-refractivity contribution in [2.45, 2.75) is 0 Å². The van der Waals surface area contributed by atoms with Crippen LogP contribution >= 0.6 is 0 Å². The lowest BCUT2D eigenvalue weighted by Crippen LogP contribution is -2.56. The molecule has 0 atom stereocenters. The van der Waals surface area contributed by atoms with Gasteiger partial charge in [0.25, 0.3) is 0 Å². The summed E-state index contributed by atoms with van der Waals surface area (Å²) >= 11 is 0. The molecule has 0 fully saturated rings. The van der Waals surface area contributed by atoms with Crippen LogP contribution in [0.25, 0.3) is 94.7 Å². The molecule has 10 rings (SSSR count). The molecular formula is C45H56B28N4O. The molecule has 3 heterocycles. The molecule has 0 spiro atoms. The summed E-state index contributed by atoms with van der Waals surface area (Å²) < 4.78 is 9.85. The van der Waals surface area contributed by atoms with E-state index in [9.17, 15) is 0 Å².